The van der Waals surface area contributed by atoms with Crippen LogP contribution in [0.2, 0.25) is 0 Å². The van der Waals surface area contributed by atoms with E-state index in [1.807, 2.05) is 18.2 Å². The van der Waals surface area contributed by atoms with E-state index < -0.39 is 5.67 Å². The minimum atomic E-state index is -1.14. The standard InChI is InChI=1S/C21H26F2N2O/c1-21(2,23)15-25-10-8-16(9-11-25)14-26-19-6-7-20(24-13-19)17-4-3-5-18(22)12-17/h3-7,12-13,16H,8-11,14-15H2,1-2H3. The maximum atomic E-state index is 13.7. The molecule has 5 heteroatoms. The zero-order valence-electron chi connectivity index (χ0n) is 15.4. The zero-order valence-corrected chi connectivity index (χ0v) is 15.4. The Morgan fingerprint density at radius 2 is 1.96 bits per heavy atom. The highest BCUT2D eigenvalue weighted by Gasteiger charge is 2.25. The van der Waals surface area contributed by atoms with Crippen molar-refractivity contribution < 1.29 is 13.5 Å². The summed E-state index contributed by atoms with van der Waals surface area (Å²) in [5, 5.41) is 0. The van der Waals surface area contributed by atoms with E-state index >= 15 is 0 Å². The fourth-order valence-electron chi connectivity index (χ4n) is 3.34. The number of hydrogen-bond acceptors (Lipinski definition) is 3. The molecule has 0 N–H and O–H groups in total. The van der Waals surface area contributed by atoms with Crippen LogP contribution in [0, 0.1) is 11.7 Å². The third-order valence-corrected chi connectivity index (χ3v) is 4.65. The van der Waals surface area contributed by atoms with Crippen molar-refractivity contribution in [2.75, 3.05) is 26.2 Å². The first-order chi connectivity index (χ1) is 12.4. The Kier molecular flexibility index (Phi) is 5.87. The largest absolute Gasteiger partial charge is 0.492 e. The predicted octanol–water partition coefficient (Wildman–Crippen LogP) is 4.73. The highest BCUT2D eigenvalue weighted by Crippen LogP contribution is 2.23. The van der Waals surface area contributed by atoms with Crippen molar-refractivity contribution in [2.24, 2.45) is 5.92 Å². The molecule has 0 bridgehead atoms. The number of hydrogen-bond donors (Lipinski definition) is 0. The molecule has 0 amide bonds. The van der Waals surface area contributed by atoms with E-state index in [9.17, 15) is 8.78 Å². The maximum absolute atomic E-state index is 13.7. The first-order valence-corrected chi connectivity index (χ1v) is 9.15. The fraction of sp³-hybridized carbons (Fsp3) is 0.476. The monoisotopic (exact) mass is 360 g/mol. The molecule has 0 unspecified atom stereocenters. The number of alkyl halides is 1. The fourth-order valence-corrected chi connectivity index (χ4v) is 3.34. The summed E-state index contributed by atoms with van der Waals surface area (Å²) >= 11 is 0. The van der Waals surface area contributed by atoms with Crippen LogP contribution in [0.3, 0.4) is 0 Å². The average Bonchev–Trinajstić information content (AvgIpc) is 2.60. The third-order valence-electron chi connectivity index (χ3n) is 4.65. The lowest BCUT2D eigenvalue weighted by atomic mass is 9.97. The van der Waals surface area contributed by atoms with Crippen LogP contribution in [0.5, 0.6) is 5.75 Å². The van der Waals surface area contributed by atoms with Gasteiger partial charge in [-0.1, -0.05) is 12.1 Å². The van der Waals surface area contributed by atoms with E-state index in [0.717, 1.165) is 42.9 Å². The number of aromatic nitrogens is 1. The van der Waals surface area contributed by atoms with Gasteiger partial charge in [-0.2, -0.15) is 0 Å². The summed E-state index contributed by atoms with van der Waals surface area (Å²) in [5.41, 5.74) is 0.331. The molecule has 0 saturated carbocycles. The molecule has 140 valence electrons. The molecule has 1 aromatic heterocycles. The van der Waals surface area contributed by atoms with E-state index in [-0.39, 0.29) is 5.82 Å². The number of pyridine rings is 1. The lowest BCUT2D eigenvalue weighted by Crippen LogP contribution is -2.41. The first-order valence-electron chi connectivity index (χ1n) is 9.15. The molecular weight excluding hydrogens is 334 g/mol. The molecule has 3 nitrogen and oxygen atoms in total. The van der Waals surface area contributed by atoms with E-state index in [2.05, 4.69) is 9.88 Å². The normalized spacial score (nSPS) is 16.6. The Bertz CT molecular complexity index is 705. The van der Waals surface area contributed by atoms with Gasteiger partial charge in [0, 0.05) is 12.1 Å². The molecule has 1 aliphatic rings. The van der Waals surface area contributed by atoms with Gasteiger partial charge in [0.25, 0.3) is 0 Å². The van der Waals surface area contributed by atoms with Gasteiger partial charge >= 0.3 is 0 Å². The summed E-state index contributed by atoms with van der Waals surface area (Å²) in [6.07, 6.45) is 3.72. The van der Waals surface area contributed by atoms with Crippen LogP contribution in [0.25, 0.3) is 11.3 Å². The van der Waals surface area contributed by atoms with Crippen molar-refractivity contribution in [1.29, 1.82) is 0 Å². The second-order valence-corrected chi connectivity index (χ2v) is 7.64. The van der Waals surface area contributed by atoms with E-state index in [0.29, 0.717) is 19.1 Å². The van der Waals surface area contributed by atoms with E-state index in [4.69, 9.17) is 4.74 Å². The van der Waals surface area contributed by atoms with Gasteiger partial charge in [0.1, 0.15) is 17.2 Å². The lowest BCUT2D eigenvalue weighted by Gasteiger charge is -2.34. The number of nitrogens with zero attached hydrogens (tertiary/aromatic N) is 2. The molecule has 2 aromatic rings. The number of benzene rings is 1. The highest BCUT2D eigenvalue weighted by atomic mass is 19.1. The van der Waals surface area contributed by atoms with Gasteiger partial charge in [0.05, 0.1) is 18.5 Å². The van der Waals surface area contributed by atoms with Crippen LogP contribution >= 0.6 is 0 Å². The Morgan fingerprint density at radius 3 is 2.58 bits per heavy atom. The molecule has 26 heavy (non-hydrogen) atoms. The van der Waals surface area contributed by atoms with Crippen LogP contribution in [0.15, 0.2) is 42.6 Å². The van der Waals surface area contributed by atoms with Crippen molar-refractivity contribution in [3.8, 4) is 17.0 Å². The van der Waals surface area contributed by atoms with Crippen molar-refractivity contribution in [2.45, 2.75) is 32.4 Å². The van der Waals surface area contributed by atoms with Gasteiger partial charge in [-0.15, -0.1) is 0 Å². The molecule has 0 radical (unpaired) electrons. The van der Waals surface area contributed by atoms with Crippen LogP contribution in [0.1, 0.15) is 26.7 Å². The summed E-state index contributed by atoms with van der Waals surface area (Å²) < 4.78 is 32.9. The lowest BCUT2D eigenvalue weighted by molar-refractivity contribution is 0.0836. The van der Waals surface area contributed by atoms with Crippen molar-refractivity contribution in [3.63, 3.8) is 0 Å². The topological polar surface area (TPSA) is 25.4 Å². The van der Waals surface area contributed by atoms with Crippen LogP contribution in [0.4, 0.5) is 8.78 Å². The summed E-state index contributed by atoms with van der Waals surface area (Å²) in [6.45, 7) is 6.22. The average molecular weight is 360 g/mol. The molecule has 1 aromatic carbocycles. The van der Waals surface area contributed by atoms with Gasteiger partial charge in [-0.25, -0.2) is 8.78 Å². The van der Waals surface area contributed by atoms with Crippen molar-refractivity contribution >= 4 is 0 Å². The quantitative estimate of drug-likeness (QED) is 0.745. The molecule has 3 rings (SSSR count). The minimum Gasteiger partial charge on any atom is -0.492 e. The first kappa shape index (κ1) is 18.8. The van der Waals surface area contributed by atoms with E-state index in [1.54, 1.807) is 26.1 Å². The number of piperidine rings is 1. The molecule has 2 heterocycles. The molecule has 0 aliphatic carbocycles. The summed E-state index contributed by atoms with van der Waals surface area (Å²) in [5.74, 6) is 0.932. The number of ether oxygens (including phenoxy) is 1. The molecule has 1 aliphatic heterocycles. The highest BCUT2D eigenvalue weighted by molar-refractivity contribution is 5.59. The maximum Gasteiger partial charge on any atom is 0.137 e. The second kappa shape index (κ2) is 8.12. The summed E-state index contributed by atoms with van der Waals surface area (Å²) in [6, 6.07) is 10.1. The summed E-state index contributed by atoms with van der Waals surface area (Å²) in [4.78, 5) is 6.55. The van der Waals surface area contributed by atoms with E-state index in [1.165, 1.54) is 12.1 Å². The Hall–Kier alpha value is -2.01. The molecule has 1 fully saturated rings. The van der Waals surface area contributed by atoms with Gasteiger partial charge in [-0.3, -0.25) is 4.98 Å². The van der Waals surface area contributed by atoms with Gasteiger partial charge < -0.3 is 9.64 Å². The van der Waals surface area contributed by atoms with Gasteiger partial charge in [0.2, 0.25) is 0 Å². The Balaban J connectivity index is 1.47. The van der Waals surface area contributed by atoms with Crippen LogP contribution in [-0.2, 0) is 0 Å². The molecule has 0 atom stereocenters. The van der Waals surface area contributed by atoms with Crippen LogP contribution < -0.4 is 4.74 Å². The van der Waals surface area contributed by atoms with Gasteiger partial charge in [0.15, 0.2) is 0 Å². The third kappa shape index (κ3) is 5.49. The van der Waals surface area contributed by atoms with Crippen molar-refractivity contribution in [1.82, 2.24) is 9.88 Å². The Labute approximate surface area is 154 Å². The van der Waals surface area contributed by atoms with Crippen molar-refractivity contribution in [3.05, 3.63) is 48.4 Å². The predicted molar refractivity (Wildman–Crippen MR) is 99.5 cm³/mol. The number of rotatable bonds is 6. The molecular formula is C21H26F2N2O. The zero-order chi connectivity index (χ0) is 18.6. The second-order valence-electron chi connectivity index (χ2n) is 7.64. The molecule has 0 spiro atoms. The molecule has 1 saturated heterocycles. The SMILES string of the molecule is CC(C)(F)CN1CCC(COc2ccc(-c3cccc(F)c3)nc2)CC1. The number of halogens is 2. The van der Waals surface area contributed by atoms with Gasteiger partial charge in [-0.05, 0) is 70.0 Å². The minimum absolute atomic E-state index is 0.271. The smallest absolute Gasteiger partial charge is 0.137 e. The summed E-state index contributed by atoms with van der Waals surface area (Å²) in [7, 11) is 0. The number of likely N-dealkylation sites (tertiary alicyclic amines) is 1. The Morgan fingerprint density at radius 1 is 1.19 bits per heavy atom. The van der Waals surface area contributed by atoms with Crippen LogP contribution in [-0.4, -0.2) is 41.8 Å².